The highest BCUT2D eigenvalue weighted by Crippen LogP contribution is 2.36. The molecule has 0 saturated carbocycles. The Hall–Kier alpha value is 0.01000. The molecule has 1 N–H and O–H groups in total. The Kier molecular flexibility index (Phi) is 4.12. The van der Waals surface area contributed by atoms with Crippen LogP contribution in [0.2, 0.25) is 0 Å². The van der Waals surface area contributed by atoms with Crippen LogP contribution >= 0.6 is 11.8 Å². The summed E-state index contributed by atoms with van der Waals surface area (Å²) in [6.45, 7) is 6.25. The molecular formula is C12H21NOS. The van der Waals surface area contributed by atoms with E-state index < -0.39 is 0 Å². The minimum Gasteiger partial charge on any atom is -0.377 e. The van der Waals surface area contributed by atoms with E-state index >= 15 is 0 Å². The molecule has 0 aromatic heterocycles. The maximum atomic E-state index is 5.42. The molecule has 2 nitrogen and oxygen atoms in total. The second kappa shape index (κ2) is 5.37. The third-order valence-electron chi connectivity index (χ3n) is 3.13. The van der Waals surface area contributed by atoms with E-state index in [0.29, 0.717) is 4.75 Å². The van der Waals surface area contributed by atoms with Crippen molar-refractivity contribution in [1.29, 1.82) is 0 Å². The molecule has 2 heterocycles. The molecule has 15 heavy (non-hydrogen) atoms. The number of ether oxygens (including phenoxy) is 1. The number of hydrogen-bond donors (Lipinski definition) is 1. The molecule has 0 aromatic carbocycles. The van der Waals surface area contributed by atoms with Gasteiger partial charge >= 0.3 is 0 Å². The molecule has 1 unspecified atom stereocenters. The van der Waals surface area contributed by atoms with E-state index in [9.17, 15) is 0 Å². The van der Waals surface area contributed by atoms with Crippen molar-refractivity contribution >= 4 is 11.8 Å². The van der Waals surface area contributed by atoms with E-state index in [0.717, 1.165) is 32.7 Å². The number of nitrogens with one attached hydrogen (secondary N) is 1. The summed E-state index contributed by atoms with van der Waals surface area (Å²) < 4.78 is 5.90. The normalized spacial score (nSPS) is 31.7. The summed E-state index contributed by atoms with van der Waals surface area (Å²) in [6.07, 6.45) is 6.15. The first-order chi connectivity index (χ1) is 7.29. The van der Waals surface area contributed by atoms with Crippen molar-refractivity contribution in [3.05, 3.63) is 11.6 Å². The Labute approximate surface area is 96.8 Å². The highest BCUT2D eigenvalue weighted by molar-refractivity contribution is 8.00. The molecule has 0 amide bonds. The van der Waals surface area contributed by atoms with Gasteiger partial charge in [-0.3, -0.25) is 0 Å². The van der Waals surface area contributed by atoms with Crippen LogP contribution in [0.1, 0.15) is 26.2 Å². The van der Waals surface area contributed by atoms with Gasteiger partial charge in [-0.1, -0.05) is 6.08 Å². The van der Waals surface area contributed by atoms with Gasteiger partial charge in [0.1, 0.15) is 0 Å². The fourth-order valence-corrected chi connectivity index (χ4v) is 3.47. The molecule has 1 fully saturated rings. The molecule has 3 heteroatoms. The lowest BCUT2D eigenvalue weighted by Crippen LogP contribution is -2.34. The van der Waals surface area contributed by atoms with Gasteiger partial charge in [-0.25, -0.2) is 0 Å². The van der Waals surface area contributed by atoms with E-state index in [4.69, 9.17) is 4.74 Å². The van der Waals surface area contributed by atoms with Crippen molar-refractivity contribution in [3.63, 3.8) is 0 Å². The van der Waals surface area contributed by atoms with Crippen molar-refractivity contribution in [3.8, 4) is 0 Å². The Morgan fingerprint density at radius 3 is 3.20 bits per heavy atom. The third-order valence-corrected chi connectivity index (χ3v) is 4.67. The summed E-state index contributed by atoms with van der Waals surface area (Å²) in [5.74, 6) is 1.34. The van der Waals surface area contributed by atoms with Gasteiger partial charge in [0, 0.05) is 17.8 Å². The fraction of sp³-hybridized carbons (Fsp3) is 0.833. The molecule has 86 valence electrons. The minimum absolute atomic E-state index is 0.482. The highest BCUT2D eigenvalue weighted by atomic mass is 32.2. The monoisotopic (exact) mass is 227 g/mol. The first kappa shape index (κ1) is 11.5. The van der Waals surface area contributed by atoms with Crippen molar-refractivity contribution in [2.75, 3.05) is 32.1 Å². The lowest BCUT2D eigenvalue weighted by atomic mass is 10.1. The molecule has 0 spiro atoms. The van der Waals surface area contributed by atoms with Crippen molar-refractivity contribution in [2.24, 2.45) is 0 Å². The van der Waals surface area contributed by atoms with Crippen molar-refractivity contribution in [1.82, 2.24) is 5.32 Å². The van der Waals surface area contributed by atoms with Crippen LogP contribution in [0.3, 0.4) is 0 Å². The SMILES string of the molecule is CC1(CNCC2=CCCOC2)CCCS1. The topological polar surface area (TPSA) is 21.3 Å². The van der Waals surface area contributed by atoms with Crippen LogP contribution in [0, 0.1) is 0 Å². The molecular weight excluding hydrogens is 206 g/mol. The zero-order chi connectivity index (χ0) is 10.6. The molecule has 1 atom stereocenters. The first-order valence-electron chi connectivity index (χ1n) is 5.89. The minimum atomic E-state index is 0.482. The number of hydrogen-bond acceptors (Lipinski definition) is 3. The second-order valence-electron chi connectivity index (χ2n) is 4.71. The quantitative estimate of drug-likeness (QED) is 0.744. The predicted molar refractivity (Wildman–Crippen MR) is 66.5 cm³/mol. The van der Waals surface area contributed by atoms with Crippen molar-refractivity contribution in [2.45, 2.75) is 30.9 Å². The zero-order valence-electron chi connectivity index (χ0n) is 9.55. The van der Waals surface area contributed by atoms with E-state index in [1.165, 1.54) is 24.2 Å². The fourth-order valence-electron chi connectivity index (χ4n) is 2.20. The maximum absolute atomic E-state index is 5.42. The molecule has 0 bridgehead atoms. The Morgan fingerprint density at radius 2 is 2.53 bits per heavy atom. The second-order valence-corrected chi connectivity index (χ2v) is 6.39. The summed E-state index contributed by atoms with van der Waals surface area (Å²) >= 11 is 2.12. The predicted octanol–water partition coefficient (Wildman–Crippen LogP) is 2.21. The van der Waals surface area contributed by atoms with Crippen LogP contribution in [0.5, 0.6) is 0 Å². The molecule has 1 saturated heterocycles. The van der Waals surface area contributed by atoms with Gasteiger partial charge in [0.15, 0.2) is 0 Å². The van der Waals surface area contributed by atoms with Gasteiger partial charge in [0.25, 0.3) is 0 Å². The van der Waals surface area contributed by atoms with Gasteiger partial charge in [0.05, 0.1) is 13.2 Å². The number of thioether (sulfide) groups is 1. The van der Waals surface area contributed by atoms with Crippen LogP contribution in [0.4, 0.5) is 0 Å². The van der Waals surface area contributed by atoms with Crippen LogP contribution in [-0.4, -0.2) is 36.8 Å². The molecule has 2 aliphatic rings. The first-order valence-corrected chi connectivity index (χ1v) is 6.87. The van der Waals surface area contributed by atoms with Crippen LogP contribution in [0.15, 0.2) is 11.6 Å². The standard InChI is InChI=1S/C12H21NOS/c1-12(5-3-7-15-12)10-13-8-11-4-2-6-14-9-11/h4,13H,2-3,5-10H2,1H3. The van der Waals surface area contributed by atoms with Gasteiger partial charge in [0.2, 0.25) is 0 Å². The van der Waals surface area contributed by atoms with E-state index in [1.807, 2.05) is 0 Å². The van der Waals surface area contributed by atoms with Crippen LogP contribution < -0.4 is 5.32 Å². The summed E-state index contributed by atoms with van der Waals surface area (Å²) in [5.41, 5.74) is 1.42. The number of rotatable bonds is 4. The van der Waals surface area contributed by atoms with E-state index in [-0.39, 0.29) is 0 Å². The Bertz CT molecular complexity index is 234. The molecule has 0 aromatic rings. The van der Waals surface area contributed by atoms with Gasteiger partial charge in [-0.2, -0.15) is 11.8 Å². The van der Waals surface area contributed by atoms with Crippen LogP contribution in [-0.2, 0) is 4.74 Å². The Balaban J connectivity index is 1.67. The summed E-state index contributed by atoms with van der Waals surface area (Å²) in [7, 11) is 0. The maximum Gasteiger partial charge on any atom is 0.0689 e. The largest absolute Gasteiger partial charge is 0.377 e. The average molecular weight is 227 g/mol. The van der Waals surface area contributed by atoms with Gasteiger partial charge in [-0.05, 0) is 37.5 Å². The Morgan fingerprint density at radius 1 is 1.60 bits per heavy atom. The van der Waals surface area contributed by atoms with Crippen LogP contribution in [0.25, 0.3) is 0 Å². The average Bonchev–Trinajstić information content (AvgIpc) is 2.67. The lowest BCUT2D eigenvalue weighted by Gasteiger charge is -2.24. The third kappa shape index (κ3) is 3.51. The van der Waals surface area contributed by atoms with Gasteiger partial charge in [-0.15, -0.1) is 0 Å². The van der Waals surface area contributed by atoms with E-state index in [2.05, 4.69) is 30.1 Å². The smallest absolute Gasteiger partial charge is 0.0689 e. The molecule has 2 rings (SSSR count). The lowest BCUT2D eigenvalue weighted by molar-refractivity contribution is 0.148. The molecule has 0 aliphatic carbocycles. The van der Waals surface area contributed by atoms with Gasteiger partial charge < -0.3 is 10.1 Å². The summed E-state index contributed by atoms with van der Waals surface area (Å²) in [4.78, 5) is 0. The zero-order valence-corrected chi connectivity index (χ0v) is 10.4. The van der Waals surface area contributed by atoms with Crippen molar-refractivity contribution < 1.29 is 4.74 Å². The summed E-state index contributed by atoms with van der Waals surface area (Å²) in [5, 5.41) is 3.57. The molecule has 2 aliphatic heterocycles. The highest BCUT2D eigenvalue weighted by Gasteiger charge is 2.28. The molecule has 0 radical (unpaired) electrons. The summed E-state index contributed by atoms with van der Waals surface area (Å²) in [6, 6.07) is 0. The van der Waals surface area contributed by atoms with E-state index in [1.54, 1.807) is 0 Å².